The zero-order chi connectivity index (χ0) is 17.4. The predicted octanol–water partition coefficient (Wildman–Crippen LogP) is 3.04. The van der Waals surface area contributed by atoms with E-state index in [1.54, 1.807) is 6.33 Å². The molecule has 3 aromatic rings. The van der Waals surface area contributed by atoms with Crippen LogP contribution in [0.4, 0.5) is 5.82 Å². The molecular formula is C19H23N5O. The molecule has 6 nitrogen and oxygen atoms in total. The molecule has 0 saturated carbocycles. The number of pyridine rings is 1. The molecule has 1 saturated heterocycles. The molecule has 6 heteroatoms. The first-order valence-electron chi connectivity index (χ1n) is 8.78. The molecule has 1 aromatic carbocycles. The minimum atomic E-state index is -0.0773. The lowest BCUT2D eigenvalue weighted by molar-refractivity contribution is 0.0314. The fourth-order valence-electron chi connectivity index (χ4n) is 3.43. The molecular weight excluding hydrogens is 314 g/mol. The van der Waals surface area contributed by atoms with Crippen LogP contribution in [0.15, 0.2) is 30.6 Å². The van der Waals surface area contributed by atoms with Crippen LogP contribution in [0.5, 0.6) is 0 Å². The van der Waals surface area contributed by atoms with Crippen molar-refractivity contribution in [1.82, 2.24) is 19.7 Å². The van der Waals surface area contributed by atoms with E-state index >= 15 is 0 Å². The Labute approximate surface area is 147 Å². The minimum absolute atomic E-state index is 0.0773. The van der Waals surface area contributed by atoms with Gasteiger partial charge in [0.2, 0.25) is 0 Å². The van der Waals surface area contributed by atoms with Gasteiger partial charge in [0.25, 0.3) is 0 Å². The maximum atomic E-state index is 5.96. The maximum absolute atomic E-state index is 5.96. The number of aryl methyl sites for hydroxylation is 3. The van der Waals surface area contributed by atoms with Gasteiger partial charge in [-0.15, -0.1) is 10.2 Å². The SMILES string of the molecule is CCn1cnnc1C1CN(c2cc(C)c3ccc(C)cc3n2)CCO1. The van der Waals surface area contributed by atoms with Crippen LogP contribution in [-0.2, 0) is 11.3 Å². The van der Waals surface area contributed by atoms with Gasteiger partial charge >= 0.3 is 0 Å². The molecule has 130 valence electrons. The number of hydrogen-bond donors (Lipinski definition) is 0. The molecule has 1 aliphatic heterocycles. The van der Waals surface area contributed by atoms with Crippen molar-refractivity contribution in [3.63, 3.8) is 0 Å². The van der Waals surface area contributed by atoms with Crippen molar-refractivity contribution < 1.29 is 4.74 Å². The van der Waals surface area contributed by atoms with E-state index in [-0.39, 0.29) is 6.10 Å². The minimum Gasteiger partial charge on any atom is -0.366 e. The summed E-state index contributed by atoms with van der Waals surface area (Å²) in [5, 5.41) is 9.50. The van der Waals surface area contributed by atoms with Crippen molar-refractivity contribution in [2.24, 2.45) is 0 Å². The van der Waals surface area contributed by atoms with E-state index < -0.39 is 0 Å². The molecule has 0 amide bonds. The van der Waals surface area contributed by atoms with Gasteiger partial charge in [-0.25, -0.2) is 4.98 Å². The summed E-state index contributed by atoms with van der Waals surface area (Å²) in [4.78, 5) is 7.20. The number of hydrogen-bond acceptors (Lipinski definition) is 5. The Balaban J connectivity index is 1.66. The fraction of sp³-hybridized carbons (Fsp3) is 0.421. The zero-order valence-corrected chi connectivity index (χ0v) is 14.9. The van der Waals surface area contributed by atoms with Crippen molar-refractivity contribution in [2.75, 3.05) is 24.6 Å². The summed E-state index contributed by atoms with van der Waals surface area (Å²) in [6.07, 6.45) is 1.69. The summed E-state index contributed by atoms with van der Waals surface area (Å²) in [7, 11) is 0. The monoisotopic (exact) mass is 337 g/mol. The lowest BCUT2D eigenvalue weighted by Gasteiger charge is -2.33. The highest BCUT2D eigenvalue weighted by atomic mass is 16.5. The van der Waals surface area contributed by atoms with E-state index in [0.29, 0.717) is 6.61 Å². The Hall–Kier alpha value is -2.47. The molecule has 0 aliphatic carbocycles. The predicted molar refractivity (Wildman–Crippen MR) is 97.8 cm³/mol. The topological polar surface area (TPSA) is 56.1 Å². The van der Waals surface area contributed by atoms with E-state index in [0.717, 1.165) is 36.8 Å². The molecule has 0 bridgehead atoms. The van der Waals surface area contributed by atoms with Crippen LogP contribution in [0.1, 0.15) is 30.0 Å². The average Bonchev–Trinajstić information content (AvgIpc) is 3.10. The molecule has 0 radical (unpaired) electrons. The highest BCUT2D eigenvalue weighted by Crippen LogP contribution is 2.27. The standard InChI is InChI=1S/C19H23N5O/c1-4-23-12-20-22-19(23)17-11-24(7-8-25-17)18-10-14(3)15-6-5-13(2)9-16(15)21-18/h5-6,9-10,12,17H,4,7-8,11H2,1-3H3. The van der Waals surface area contributed by atoms with Crippen LogP contribution >= 0.6 is 0 Å². The lowest BCUT2D eigenvalue weighted by Crippen LogP contribution is -2.39. The molecule has 0 N–H and O–H groups in total. The number of aromatic nitrogens is 4. The van der Waals surface area contributed by atoms with E-state index in [9.17, 15) is 0 Å². The van der Waals surface area contributed by atoms with Crippen LogP contribution in [0.2, 0.25) is 0 Å². The Kier molecular flexibility index (Phi) is 4.13. The molecule has 4 rings (SSSR count). The number of anilines is 1. The Bertz CT molecular complexity index is 904. The zero-order valence-electron chi connectivity index (χ0n) is 14.9. The third kappa shape index (κ3) is 2.98. The van der Waals surface area contributed by atoms with Gasteiger partial charge in [-0.3, -0.25) is 0 Å². The van der Waals surface area contributed by atoms with Crippen molar-refractivity contribution in [1.29, 1.82) is 0 Å². The highest BCUT2D eigenvalue weighted by molar-refractivity contribution is 5.84. The van der Waals surface area contributed by atoms with Gasteiger partial charge in [0.05, 0.1) is 18.7 Å². The number of benzene rings is 1. The van der Waals surface area contributed by atoms with Crippen molar-refractivity contribution in [2.45, 2.75) is 33.4 Å². The molecule has 3 heterocycles. The van der Waals surface area contributed by atoms with Crippen LogP contribution < -0.4 is 4.90 Å². The highest BCUT2D eigenvalue weighted by Gasteiger charge is 2.27. The van der Waals surface area contributed by atoms with Crippen LogP contribution in [0, 0.1) is 13.8 Å². The fourth-order valence-corrected chi connectivity index (χ4v) is 3.43. The molecule has 25 heavy (non-hydrogen) atoms. The van der Waals surface area contributed by atoms with Gasteiger partial charge < -0.3 is 14.2 Å². The summed E-state index contributed by atoms with van der Waals surface area (Å²) in [6.45, 7) is 9.41. The van der Waals surface area contributed by atoms with Crippen LogP contribution in [0.25, 0.3) is 10.9 Å². The third-order valence-electron chi connectivity index (χ3n) is 4.82. The van der Waals surface area contributed by atoms with Gasteiger partial charge in [0.1, 0.15) is 18.2 Å². The quantitative estimate of drug-likeness (QED) is 0.735. The normalized spacial score (nSPS) is 18.0. The molecule has 1 unspecified atom stereocenters. The van der Waals surface area contributed by atoms with Crippen LogP contribution in [0.3, 0.4) is 0 Å². The summed E-state index contributed by atoms with van der Waals surface area (Å²) < 4.78 is 8.00. The first-order valence-corrected chi connectivity index (χ1v) is 8.78. The van der Waals surface area contributed by atoms with E-state index in [1.165, 1.54) is 16.5 Å². The molecule has 0 spiro atoms. The largest absolute Gasteiger partial charge is 0.366 e. The Morgan fingerprint density at radius 3 is 2.96 bits per heavy atom. The van der Waals surface area contributed by atoms with Gasteiger partial charge in [-0.2, -0.15) is 0 Å². The number of ether oxygens (including phenoxy) is 1. The molecule has 2 aromatic heterocycles. The molecule has 1 aliphatic rings. The first kappa shape index (κ1) is 16.0. The van der Waals surface area contributed by atoms with E-state index in [4.69, 9.17) is 9.72 Å². The van der Waals surface area contributed by atoms with Gasteiger partial charge in [0, 0.05) is 18.5 Å². The van der Waals surface area contributed by atoms with Crippen molar-refractivity contribution >= 4 is 16.7 Å². The van der Waals surface area contributed by atoms with Crippen molar-refractivity contribution in [3.05, 3.63) is 47.5 Å². The maximum Gasteiger partial charge on any atom is 0.163 e. The Morgan fingerprint density at radius 2 is 2.12 bits per heavy atom. The number of nitrogens with zero attached hydrogens (tertiary/aromatic N) is 5. The van der Waals surface area contributed by atoms with E-state index in [1.807, 2.05) is 4.57 Å². The van der Waals surface area contributed by atoms with Gasteiger partial charge in [-0.1, -0.05) is 12.1 Å². The summed E-state index contributed by atoms with van der Waals surface area (Å²) >= 11 is 0. The number of fused-ring (bicyclic) bond motifs is 1. The summed E-state index contributed by atoms with van der Waals surface area (Å²) in [6, 6.07) is 8.61. The van der Waals surface area contributed by atoms with Gasteiger partial charge in [-0.05, 0) is 44.0 Å². The van der Waals surface area contributed by atoms with Crippen molar-refractivity contribution in [3.8, 4) is 0 Å². The first-order chi connectivity index (χ1) is 12.2. The number of morpholine rings is 1. The smallest absolute Gasteiger partial charge is 0.163 e. The summed E-state index contributed by atoms with van der Waals surface area (Å²) in [5.74, 6) is 1.90. The number of rotatable bonds is 3. The second-order valence-electron chi connectivity index (χ2n) is 6.60. The average molecular weight is 337 g/mol. The summed E-state index contributed by atoms with van der Waals surface area (Å²) in [5.41, 5.74) is 3.53. The van der Waals surface area contributed by atoms with E-state index in [2.05, 4.69) is 60.1 Å². The van der Waals surface area contributed by atoms with Crippen LogP contribution in [-0.4, -0.2) is 39.4 Å². The molecule has 1 atom stereocenters. The Morgan fingerprint density at radius 1 is 1.24 bits per heavy atom. The second-order valence-corrected chi connectivity index (χ2v) is 6.60. The van der Waals surface area contributed by atoms with Gasteiger partial charge in [0.15, 0.2) is 5.82 Å². The lowest BCUT2D eigenvalue weighted by atomic mass is 10.1. The molecule has 1 fully saturated rings. The third-order valence-corrected chi connectivity index (χ3v) is 4.82. The second kappa shape index (κ2) is 6.44.